The number of aliphatic hydroxyl groups is 3. The van der Waals surface area contributed by atoms with Crippen LogP contribution in [0.15, 0.2) is 24.0 Å². The fraction of sp³-hybridized carbons (Fsp3) is 0.643. The van der Waals surface area contributed by atoms with Gasteiger partial charge in [0, 0.05) is 6.54 Å². The van der Waals surface area contributed by atoms with Crippen molar-refractivity contribution in [3.05, 3.63) is 35.1 Å². The molecule has 1 fully saturated rings. The van der Waals surface area contributed by atoms with Crippen LogP contribution in [0.3, 0.4) is 0 Å². The van der Waals surface area contributed by atoms with Crippen LogP contribution in [0.2, 0.25) is 0 Å². The third kappa shape index (κ3) is 4.65. The molecule has 1 saturated heterocycles. The van der Waals surface area contributed by atoms with Gasteiger partial charge in [-0.2, -0.15) is 0 Å². The van der Waals surface area contributed by atoms with E-state index in [4.69, 9.17) is 18.9 Å². The molecule has 4 aliphatic rings. The van der Waals surface area contributed by atoms with E-state index >= 15 is 0 Å². The summed E-state index contributed by atoms with van der Waals surface area (Å²) in [6.45, 7) is 4.77. The average molecular weight is 548 g/mol. The smallest absolute Gasteiger partial charge is 0.342 e. The van der Waals surface area contributed by atoms with Crippen molar-refractivity contribution in [1.29, 1.82) is 0 Å². The Balaban J connectivity index is 1.55. The molecule has 0 amide bonds. The lowest BCUT2D eigenvalue weighted by molar-refractivity contribution is -0.196. The number of esters is 2. The first-order valence-corrected chi connectivity index (χ1v) is 13.3. The molecule has 0 bridgehead atoms. The molecule has 1 aromatic carbocycles. The monoisotopic (exact) mass is 547 g/mol. The normalized spacial score (nSPS) is 27.8. The highest BCUT2D eigenvalue weighted by molar-refractivity contribution is 5.89. The van der Waals surface area contributed by atoms with Crippen molar-refractivity contribution >= 4 is 11.9 Å². The number of carbonyl (C=O) groups is 2. The summed E-state index contributed by atoms with van der Waals surface area (Å²) >= 11 is 0. The second kappa shape index (κ2) is 9.96. The fourth-order valence-electron chi connectivity index (χ4n) is 6.47. The molecule has 3 aliphatic heterocycles. The van der Waals surface area contributed by atoms with Crippen LogP contribution in [0, 0.1) is 0 Å². The van der Waals surface area contributed by atoms with Crippen LogP contribution in [-0.4, -0.2) is 95.2 Å². The highest BCUT2D eigenvalue weighted by Gasteiger charge is 2.60. The number of aliphatic hydroxyl groups excluding tert-OH is 1. The lowest BCUT2D eigenvalue weighted by Crippen LogP contribution is -2.56. The molecule has 39 heavy (non-hydrogen) atoms. The van der Waals surface area contributed by atoms with Gasteiger partial charge in [-0.3, -0.25) is 4.90 Å². The maximum Gasteiger partial charge on any atom is 0.342 e. The number of benzene rings is 1. The standard InChI is InChI=1S/C28H37NO10/c1-26(2,33)8-9-28(34,23(30)24(31)36-4)25(32)39-22-20(35-3)14-27-7-5-10-29(27)11-6-16-12-18-19(38-15-37-18)13-17(16)21(22)27/h12-14,21-23,30,33-34H,5-11,15H2,1-4H3/t21-,22+,23+,27-,28+/m0/s1. The van der Waals surface area contributed by atoms with E-state index in [1.165, 1.54) is 21.0 Å². The first-order valence-electron chi connectivity index (χ1n) is 13.3. The van der Waals surface area contributed by atoms with Crippen LogP contribution in [0.1, 0.15) is 56.6 Å². The van der Waals surface area contributed by atoms with E-state index in [0.717, 1.165) is 50.6 Å². The van der Waals surface area contributed by atoms with Crippen LogP contribution in [0.4, 0.5) is 0 Å². The zero-order valence-electron chi connectivity index (χ0n) is 22.8. The summed E-state index contributed by atoms with van der Waals surface area (Å²) in [7, 11) is 2.54. The second-order valence-electron chi connectivity index (χ2n) is 11.5. The van der Waals surface area contributed by atoms with Crippen LogP contribution in [0.5, 0.6) is 11.5 Å². The summed E-state index contributed by atoms with van der Waals surface area (Å²) < 4.78 is 27.7. The van der Waals surface area contributed by atoms with Gasteiger partial charge in [0.15, 0.2) is 29.3 Å². The van der Waals surface area contributed by atoms with Crippen molar-refractivity contribution in [2.24, 2.45) is 0 Å². The molecule has 0 aromatic heterocycles. The maximum absolute atomic E-state index is 13.7. The maximum atomic E-state index is 13.7. The van der Waals surface area contributed by atoms with Crippen LogP contribution in [-0.2, 0) is 30.2 Å². The molecular formula is C28H37NO10. The van der Waals surface area contributed by atoms with Crippen molar-refractivity contribution in [2.45, 2.75) is 80.8 Å². The Hall–Kier alpha value is -2.86. The zero-order chi connectivity index (χ0) is 28.2. The summed E-state index contributed by atoms with van der Waals surface area (Å²) in [6, 6.07) is 3.90. The van der Waals surface area contributed by atoms with E-state index < -0.39 is 53.2 Å². The minimum Gasteiger partial charge on any atom is -0.497 e. The van der Waals surface area contributed by atoms with Crippen molar-refractivity contribution in [2.75, 3.05) is 34.1 Å². The number of carbonyl (C=O) groups excluding carboxylic acids is 2. The van der Waals surface area contributed by atoms with Crippen LogP contribution >= 0.6 is 0 Å². The predicted octanol–water partition coefficient (Wildman–Crippen LogP) is 1.16. The minimum atomic E-state index is -2.67. The van der Waals surface area contributed by atoms with Gasteiger partial charge in [0.1, 0.15) is 5.76 Å². The van der Waals surface area contributed by atoms with Crippen LogP contribution in [0.25, 0.3) is 0 Å². The van der Waals surface area contributed by atoms with E-state index in [1.807, 2.05) is 18.2 Å². The lowest BCUT2D eigenvalue weighted by Gasteiger charge is -2.40. The van der Waals surface area contributed by atoms with Gasteiger partial charge in [0.05, 0.1) is 31.3 Å². The Morgan fingerprint density at radius 1 is 1.15 bits per heavy atom. The van der Waals surface area contributed by atoms with Gasteiger partial charge in [-0.15, -0.1) is 0 Å². The van der Waals surface area contributed by atoms with E-state index in [1.54, 1.807) is 0 Å². The highest BCUT2D eigenvalue weighted by Crippen LogP contribution is 2.55. The molecule has 0 saturated carbocycles. The Kier molecular flexibility index (Phi) is 7.07. The highest BCUT2D eigenvalue weighted by atomic mass is 16.7. The predicted molar refractivity (Wildman–Crippen MR) is 136 cm³/mol. The van der Waals surface area contributed by atoms with E-state index in [2.05, 4.69) is 9.64 Å². The molecule has 1 aromatic rings. The Morgan fingerprint density at radius 2 is 1.87 bits per heavy atom. The number of ether oxygens (including phenoxy) is 5. The van der Waals surface area contributed by atoms with Crippen molar-refractivity contribution in [3.63, 3.8) is 0 Å². The third-order valence-corrected chi connectivity index (χ3v) is 8.55. The Morgan fingerprint density at radius 3 is 2.54 bits per heavy atom. The van der Waals surface area contributed by atoms with Gasteiger partial charge >= 0.3 is 11.9 Å². The topological polar surface area (TPSA) is 144 Å². The van der Waals surface area contributed by atoms with Gasteiger partial charge in [-0.25, -0.2) is 9.59 Å². The van der Waals surface area contributed by atoms with Gasteiger partial charge in [-0.1, -0.05) is 0 Å². The first kappa shape index (κ1) is 27.7. The molecule has 5 rings (SSSR count). The molecular weight excluding hydrogens is 510 g/mol. The Labute approximate surface area is 227 Å². The van der Waals surface area contributed by atoms with Crippen molar-refractivity contribution in [3.8, 4) is 11.5 Å². The molecule has 1 aliphatic carbocycles. The Bertz CT molecular complexity index is 1180. The average Bonchev–Trinajstić information content (AvgIpc) is 3.59. The number of methoxy groups -OCH3 is 2. The first-order chi connectivity index (χ1) is 18.4. The fourth-order valence-corrected chi connectivity index (χ4v) is 6.47. The third-order valence-electron chi connectivity index (χ3n) is 8.55. The summed E-state index contributed by atoms with van der Waals surface area (Å²) in [5.41, 5.74) is -2.48. The van der Waals surface area contributed by atoms with Gasteiger partial charge in [0.2, 0.25) is 6.79 Å². The largest absolute Gasteiger partial charge is 0.497 e. The van der Waals surface area contributed by atoms with Crippen molar-refractivity contribution in [1.82, 2.24) is 4.90 Å². The zero-order valence-corrected chi connectivity index (χ0v) is 22.8. The molecule has 11 nitrogen and oxygen atoms in total. The van der Waals surface area contributed by atoms with E-state index in [9.17, 15) is 24.9 Å². The molecule has 0 unspecified atom stereocenters. The van der Waals surface area contributed by atoms with Gasteiger partial charge in [-0.05, 0) is 81.8 Å². The molecule has 214 valence electrons. The van der Waals surface area contributed by atoms with Gasteiger partial charge < -0.3 is 39.0 Å². The number of fused-ring (bicyclic) bond motifs is 3. The summed E-state index contributed by atoms with van der Waals surface area (Å²) in [6.07, 6.45) is 0.799. The number of hydrogen-bond donors (Lipinski definition) is 3. The molecule has 11 heteroatoms. The van der Waals surface area contributed by atoms with E-state index in [-0.39, 0.29) is 13.2 Å². The quantitative estimate of drug-likeness (QED) is 0.403. The lowest BCUT2D eigenvalue weighted by atomic mass is 9.77. The molecule has 5 atom stereocenters. The molecule has 3 N–H and O–H groups in total. The van der Waals surface area contributed by atoms with Crippen LogP contribution < -0.4 is 9.47 Å². The second-order valence-corrected chi connectivity index (χ2v) is 11.5. The van der Waals surface area contributed by atoms with Gasteiger partial charge in [0.25, 0.3) is 0 Å². The number of nitrogens with zero attached hydrogens (tertiary/aromatic N) is 1. The molecule has 1 spiro atoms. The van der Waals surface area contributed by atoms with E-state index in [0.29, 0.717) is 17.3 Å². The van der Waals surface area contributed by atoms with Crippen molar-refractivity contribution < 1.29 is 48.6 Å². The summed E-state index contributed by atoms with van der Waals surface area (Å²) in [4.78, 5) is 28.4. The number of hydrogen-bond acceptors (Lipinski definition) is 11. The SMILES string of the molecule is COC(=O)[C@@H](O)[C@](O)(CCC(C)(C)O)C(=O)O[C@@H]1C(OC)=C[C@]23CCCN2CCc2cc4c(cc2[C@@H]13)OCO4. The molecule has 3 heterocycles. The number of rotatable bonds is 8. The molecule has 0 radical (unpaired) electrons. The summed E-state index contributed by atoms with van der Waals surface area (Å²) in [5.74, 6) is -1.11. The summed E-state index contributed by atoms with van der Waals surface area (Å²) in [5, 5.41) is 32.4. The minimum absolute atomic E-state index is 0.0995.